The first-order valence-electron chi connectivity index (χ1n) is 7.42. The lowest BCUT2D eigenvalue weighted by atomic mass is 10.0. The Morgan fingerprint density at radius 1 is 1.52 bits per heavy atom. The maximum atomic E-state index is 14.1. The largest absolute Gasteiger partial charge is 0.357 e. The van der Waals surface area contributed by atoms with E-state index in [1.807, 2.05) is 6.92 Å². The number of hydrogen-bond acceptors (Lipinski definition) is 5. The Morgan fingerprint density at radius 3 is 3.05 bits per heavy atom. The molecule has 1 aromatic heterocycles. The first-order chi connectivity index (χ1) is 10.2. The highest BCUT2D eigenvalue weighted by Gasteiger charge is 2.31. The van der Waals surface area contributed by atoms with E-state index >= 15 is 0 Å². The fourth-order valence-corrected chi connectivity index (χ4v) is 2.51. The number of hydrogen-bond donors (Lipinski definition) is 2. The summed E-state index contributed by atoms with van der Waals surface area (Å²) in [6, 6.07) is -0.368. The van der Waals surface area contributed by atoms with Crippen LogP contribution < -0.4 is 15.5 Å². The van der Waals surface area contributed by atoms with E-state index in [9.17, 15) is 9.18 Å². The highest BCUT2D eigenvalue weighted by Crippen LogP contribution is 2.26. The zero-order valence-electron chi connectivity index (χ0n) is 12.5. The van der Waals surface area contributed by atoms with Gasteiger partial charge in [-0.05, 0) is 25.7 Å². The normalized spacial score (nSPS) is 18.4. The van der Waals surface area contributed by atoms with Gasteiger partial charge in [0.1, 0.15) is 6.04 Å². The average Bonchev–Trinajstić information content (AvgIpc) is 2.53. The van der Waals surface area contributed by atoms with Gasteiger partial charge in [-0.15, -0.1) is 0 Å². The summed E-state index contributed by atoms with van der Waals surface area (Å²) in [7, 11) is 1.60. The monoisotopic (exact) mass is 295 g/mol. The molecular formula is C14H22FN5O. The molecule has 0 bridgehead atoms. The minimum atomic E-state index is -0.493. The van der Waals surface area contributed by atoms with Gasteiger partial charge in [-0.3, -0.25) is 4.79 Å². The number of aromatic nitrogens is 2. The molecule has 2 rings (SSSR count). The van der Waals surface area contributed by atoms with Crippen LogP contribution in [0.4, 0.5) is 16.2 Å². The van der Waals surface area contributed by atoms with Crippen molar-refractivity contribution in [3.05, 3.63) is 12.0 Å². The number of carbonyl (C=O) groups excluding carboxylic acids is 1. The third-order valence-electron chi connectivity index (χ3n) is 3.58. The van der Waals surface area contributed by atoms with Crippen molar-refractivity contribution >= 4 is 17.7 Å². The fraction of sp³-hybridized carbons (Fsp3) is 0.643. The molecule has 21 heavy (non-hydrogen) atoms. The van der Waals surface area contributed by atoms with Crippen molar-refractivity contribution in [2.75, 3.05) is 30.4 Å². The summed E-state index contributed by atoms with van der Waals surface area (Å²) in [5.41, 5.74) is 0. The van der Waals surface area contributed by atoms with Crippen molar-refractivity contribution in [1.82, 2.24) is 15.3 Å². The van der Waals surface area contributed by atoms with Crippen molar-refractivity contribution in [3.8, 4) is 0 Å². The van der Waals surface area contributed by atoms with E-state index in [0.29, 0.717) is 18.9 Å². The minimum Gasteiger partial charge on any atom is -0.357 e. The number of carbonyl (C=O) groups is 1. The van der Waals surface area contributed by atoms with Crippen LogP contribution in [0.3, 0.4) is 0 Å². The summed E-state index contributed by atoms with van der Waals surface area (Å²) >= 11 is 0. The predicted octanol–water partition coefficient (Wildman–Crippen LogP) is 1.54. The van der Waals surface area contributed by atoms with Crippen molar-refractivity contribution in [2.24, 2.45) is 0 Å². The van der Waals surface area contributed by atoms with E-state index in [2.05, 4.69) is 20.6 Å². The van der Waals surface area contributed by atoms with Gasteiger partial charge in [-0.25, -0.2) is 9.37 Å². The number of nitrogens with zero attached hydrogens (tertiary/aromatic N) is 3. The number of rotatable bonds is 5. The second kappa shape index (κ2) is 7.19. The van der Waals surface area contributed by atoms with E-state index in [1.165, 1.54) is 0 Å². The summed E-state index contributed by atoms with van der Waals surface area (Å²) in [4.78, 5) is 21.9. The topological polar surface area (TPSA) is 70.2 Å². The molecule has 1 atom stereocenters. The molecule has 0 saturated carbocycles. The molecule has 7 heteroatoms. The van der Waals surface area contributed by atoms with Gasteiger partial charge >= 0.3 is 0 Å². The molecule has 1 unspecified atom stereocenters. The minimum absolute atomic E-state index is 0.101. The van der Waals surface area contributed by atoms with Gasteiger partial charge in [-0.2, -0.15) is 4.98 Å². The Morgan fingerprint density at radius 2 is 2.33 bits per heavy atom. The molecule has 2 heterocycles. The second-order valence-electron chi connectivity index (χ2n) is 5.11. The van der Waals surface area contributed by atoms with Crippen LogP contribution in [0.15, 0.2) is 6.20 Å². The van der Waals surface area contributed by atoms with E-state index in [1.54, 1.807) is 11.9 Å². The van der Waals surface area contributed by atoms with Crippen LogP contribution in [0.25, 0.3) is 0 Å². The molecule has 1 aliphatic rings. The summed E-state index contributed by atoms with van der Waals surface area (Å²) < 4.78 is 14.1. The second-order valence-corrected chi connectivity index (χ2v) is 5.11. The Labute approximate surface area is 124 Å². The molecule has 6 nitrogen and oxygen atoms in total. The van der Waals surface area contributed by atoms with Crippen LogP contribution in [0.1, 0.15) is 32.6 Å². The Balaban J connectivity index is 2.26. The van der Waals surface area contributed by atoms with Crippen LogP contribution in [0, 0.1) is 5.82 Å². The molecule has 1 aliphatic heterocycles. The molecule has 1 saturated heterocycles. The maximum absolute atomic E-state index is 14.1. The van der Waals surface area contributed by atoms with Crippen LogP contribution in [0.2, 0.25) is 0 Å². The van der Waals surface area contributed by atoms with E-state index in [-0.39, 0.29) is 17.8 Å². The van der Waals surface area contributed by atoms with Gasteiger partial charge in [-0.1, -0.05) is 6.92 Å². The van der Waals surface area contributed by atoms with Gasteiger partial charge in [0, 0.05) is 20.1 Å². The standard InChI is InChI=1S/C14H22FN5O/c1-3-7-17-14-18-9-10(15)12(19-14)20-8-5-4-6-11(20)13(21)16-2/h9,11H,3-8H2,1-2H3,(H,16,21)(H,17,18,19). The summed E-state index contributed by atoms with van der Waals surface area (Å²) in [5.74, 6) is 0.00927. The lowest BCUT2D eigenvalue weighted by Crippen LogP contribution is -2.49. The predicted molar refractivity (Wildman–Crippen MR) is 79.8 cm³/mol. The Kier molecular flexibility index (Phi) is 5.30. The van der Waals surface area contributed by atoms with Gasteiger partial charge in [0.25, 0.3) is 0 Å². The average molecular weight is 295 g/mol. The fourth-order valence-electron chi connectivity index (χ4n) is 2.51. The zero-order chi connectivity index (χ0) is 15.2. The van der Waals surface area contributed by atoms with E-state index in [4.69, 9.17) is 0 Å². The molecule has 1 aromatic rings. The third-order valence-corrected chi connectivity index (χ3v) is 3.58. The number of amides is 1. The van der Waals surface area contributed by atoms with E-state index in [0.717, 1.165) is 32.0 Å². The van der Waals surface area contributed by atoms with Crippen molar-refractivity contribution < 1.29 is 9.18 Å². The van der Waals surface area contributed by atoms with Crippen LogP contribution in [-0.2, 0) is 4.79 Å². The quantitative estimate of drug-likeness (QED) is 0.862. The highest BCUT2D eigenvalue weighted by molar-refractivity contribution is 5.85. The van der Waals surface area contributed by atoms with Crippen LogP contribution in [-0.4, -0.2) is 42.1 Å². The molecule has 116 valence electrons. The number of anilines is 2. The number of piperidine rings is 1. The number of halogens is 1. The SMILES string of the molecule is CCCNc1ncc(F)c(N2CCCCC2C(=O)NC)n1. The smallest absolute Gasteiger partial charge is 0.242 e. The van der Waals surface area contributed by atoms with Gasteiger partial charge in [0.15, 0.2) is 11.6 Å². The van der Waals surface area contributed by atoms with Crippen molar-refractivity contribution in [1.29, 1.82) is 0 Å². The molecule has 1 fully saturated rings. The molecule has 0 spiro atoms. The van der Waals surface area contributed by atoms with Crippen LogP contribution in [0.5, 0.6) is 0 Å². The molecular weight excluding hydrogens is 273 g/mol. The Bertz CT molecular complexity index is 496. The lowest BCUT2D eigenvalue weighted by molar-refractivity contribution is -0.122. The third kappa shape index (κ3) is 3.59. The number of nitrogens with one attached hydrogen (secondary N) is 2. The van der Waals surface area contributed by atoms with Crippen molar-refractivity contribution in [2.45, 2.75) is 38.6 Å². The molecule has 1 amide bonds. The van der Waals surface area contributed by atoms with Gasteiger partial charge in [0.05, 0.1) is 6.20 Å². The van der Waals surface area contributed by atoms with Crippen molar-refractivity contribution in [3.63, 3.8) is 0 Å². The lowest BCUT2D eigenvalue weighted by Gasteiger charge is -2.35. The molecule has 2 N–H and O–H groups in total. The maximum Gasteiger partial charge on any atom is 0.242 e. The molecule has 0 radical (unpaired) electrons. The van der Waals surface area contributed by atoms with E-state index < -0.39 is 5.82 Å². The Hall–Kier alpha value is -1.92. The zero-order valence-corrected chi connectivity index (χ0v) is 12.5. The van der Waals surface area contributed by atoms with Gasteiger partial charge in [0.2, 0.25) is 11.9 Å². The molecule has 0 aliphatic carbocycles. The van der Waals surface area contributed by atoms with Crippen LogP contribution >= 0.6 is 0 Å². The number of likely N-dealkylation sites (N-methyl/N-ethyl adjacent to an activating group) is 1. The first-order valence-corrected chi connectivity index (χ1v) is 7.42. The summed E-state index contributed by atoms with van der Waals surface area (Å²) in [6.07, 6.45) is 4.69. The first kappa shape index (κ1) is 15.5. The van der Waals surface area contributed by atoms with Gasteiger partial charge < -0.3 is 15.5 Å². The molecule has 0 aromatic carbocycles. The summed E-state index contributed by atoms with van der Waals surface area (Å²) in [6.45, 7) is 3.38. The summed E-state index contributed by atoms with van der Waals surface area (Å²) in [5, 5.41) is 5.68. The highest BCUT2D eigenvalue weighted by atomic mass is 19.1.